The molecule has 4 heteroatoms. The number of aryl methyl sites for hydroxylation is 2. The fraction of sp³-hybridized carbons (Fsp3) is 0.412. The normalized spacial score (nSPS) is 11.0. The fourth-order valence-corrected chi connectivity index (χ4v) is 2.36. The van der Waals surface area contributed by atoms with Crippen LogP contribution in [0.3, 0.4) is 0 Å². The zero-order valence-electron chi connectivity index (χ0n) is 13.3. The van der Waals surface area contributed by atoms with Gasteiger partial charge in [-0.2, -0.15) is 0 Å². The highest BCUT2D eigenvalue weighted by molar-refractivity contribution is 5.67. The summed E-state index contributed by atoms with van der Waals surface area (Å²) in [7, 11) is 0. The zero-order valence-corrected chi connectivity index (χ0v) is 13.3. The van der Waals surface area contributed by atoms with Gasteiger partial charge < -0.3 is 5.32 Å². The van der Waals surface area contributed by atoms with Gasteiger partial charge in [0, 0.05) is 24.1 Å². The van der Waals surface area contributed by atoms with Crippen LogP contribution in [0.1, 0.15) is 43.6 Å². The molecule has 2 rings (SSSR count). The molecular formula is C17H22FN3. The Balaban J connectivity index is 2.63. The second-order valence-corrected chi connectivity index (χ2v) is 5.62. The van der Waals surface area contributed by atoms with Crippen LogP contribution >= 0.6 is 0 Å². The predicted octanol–water partition coefficient (Wildman–Crippen LogP) is 4.45. The van der Waals surface area contributed by atoms with Gasteiger partial charge in [-0.3, -0.25) is 0 Å². The van der Waals surface area contributed by atoms with Gasteiger partial charge in [0.15, 0.2) is 0 Å². The van der Waals surface area contributed by atoms with E-state index in [2.05, 4.69) is 15.3 Å². The van der Waals surface area contributed by atoms with Gasteiger partial charge in [-0.15, -0.1) is 0 Å². The van der Waals surface area contributed by atoms with Crippen LogP contribution in [0.2, 0.25) is 0 Å². The molecule has 1 aromatic carbocycles. The van der Waals surface area contributed by atoms with E-state index in [0.29, 0.717) is 11.3 Å². The van der Waals surface area contributed by atoms with Gasteiger partial charge >= 0.3 is 0 Å². The molecule has 0 radical (unpaired) electrons. The van der Waals surface area contributed by atoms with Crippen molar-refractivity contribution in [2.75, 3.05) is 11.9 Å². The van der Waals surface area contributed by atoms with Crippen LogP contribution in [0, 0.1) is 19.7 Å². The van der Waals surface area contributed by atoms with Crippen molar-refractivity contribution in [1.29, 1.82) is 0 Å². The van der Waals surface area contributed by atoms with Crippen LogP contribution < -0.4 is 5.32 Å². The Kier molecular flexibility index (Phi) is 4.56. The van der Waals surface area contributed by atoms with Crippen LogP contribution in [0.5, 0.6) is 0 Å². The maximum atomic E-state index is 14.4. The van der Waals surface area contributed by atoms with E-state index < -0.39 is 0 Å². The number of halogens is 1. The third-order valence-corrected chi connectivity index (χ3v) is 3.31. The lowest BCUT2D eigenvalue weighted by atomic mass is 10.0. The van der Waals surface area contributed by atoms with Crippen LogP contribution in [0.25, 0.3) is 11.3 Å². The average molecular weight is 287 g/mol. The molecule has 21 heavy (non-hydrogen) atoms. The third-order valence-electron chi connectivity index (χ3n) is 3.31. The second-order valence-electron chi connectivity index (χ2n) is 5.62. The molecule has 0 spiro atoms. The summed E-state index contributed by atoms with van der Waals surface area (Å²) in [6.45, 7) is 10.7. The van der Waals surface area contributed by atoms with E-state index in [1.807, 2.05) is 46.8 Å². The molecular weight excluding hydrogens is 265 g/mol. The smallest absolute Gasteiger partial charge is 0.133 e. The molecule has 0 aliphatic heterocycles. The molecule has 0 bridgehead atoms. The van der Waals surface area contributed by atoms with Gasteiger partial charge in [-0.25, -0.2) is 14.4 Å². The lowest BCUT2D eigenvalue weighted by molar-refractivity contribution is 0.628. The number of hydrogen-bond acceptors (Lipinski definition) is 3. The molecule has 0 aliphatic rings. The molecule has 2 aromatic rings. The average Bonchev–Trinajstić information content (AvgIpc) is 2.37. The molecule has 1 heterocycles. The number of nitrogens with one attached hydrogen (secondary N) is 1. The first-order chi connectivity index (χ1) is 9.92. The number of hydrogen-bond donors (Lipinski definition) is 1. The molecule has 0 amide bonds. The monoisotopic (exact) mass is 287 g/mol. The van der Waals surface area contributed by atoms with Gasteiger partial charge in [0.1, 0.15) is 17.5 Å². The number of aromatic nitrogens is 2. The van der Waals surface area contributed by atoms with Crippen molar-refractivity contribution < 1.29 is 4.39 Å². The van der Waals surface area contributed by atoms with Gasteiger partial charge in [-0.05, 0) is 38.0 Å². The Hall–Kier alpha value is -1.97. The summed E-state index contributed by atoms with van der Waals surface area (Å²) in [6, 6.07) is 5.34. The highest BCUT2D eigenvalue weighted by atomic mass is 19.1. The molecule has 112 valence electrons. The van der Waals surface area contributed by atoms with Crippen molar-refractivity contribution in [3.63, 3.8) is 0 Å². The van der Waals surface area contributed by atoms with Gasteiger partial charge in [0.25, 0.3) is 0 Å². The van der Waals surface area contributed by atoms with Crippen molar-refractivity contribution in [3.05, 3.63) is 41.0 Å². The minimum Gasteiger partial charge on any atom is -0.370 e. The van der Waals surface area contributed by atoms with Crippen molar-refractivity contribution in [2.24, 2.45) is 0 Å². The van der Waals surface area contributed by atoms with Crippen LogP contribution in [-0.2, 0) is 0 Å². The zero-order chi connectivity index (χ0) is 15.6. The number of rotatable bonds is 4. The Morgan fingerprint density at radius 1 is 1.14 bits per heavy atom. The summed E-state index contributed by atoms with van der Waals surface area (Å²) in [6.07, 6.45) is 0. The molecule has 0 fully saturated rings. The highest BCUT2D eigenvalue weighted by Gasteiger charge is 2.15. The minimum absolute atomic E-state index is 0.191. The molecule has 1 aromatic heterocycles. The number of benzene rings is 1. The Bertz CT molecular complexity index is 627. The van der Waals surface area contributed by atoms with E-state index in [1.54, 1.807) is 6.07 Å². The molecule has 0 atom stereocenters. The van der Waals surface area contributed by atoms with Crippen LogP contribution in [0.4, 0.5) is 10.2 Å². The topological polar surface area (TPSA) is 37.8 Å². The van der Waals surface area contributed by atoms with Gasteiger partial charge in [-0.1, -0.05) is 19.9 Å². The Morgan fingerprint density at radius 3 is 2.43 bits per heavy atom. The standard InChI is InChI=1S/C17H22FN3/c1-6-19-15-9-14(20-17(21-15)10(2)3)16-12(5)7-11(4)8-13(16)18/h7-10H,6H2,1-5H3,(H,19,20,21). The molecule has 0 aliphatic carbocycles. The van der Waals surface area contributed by atoms with E-state index in [4.69, 9.17) is 0 Å². The largest absolute Gasteiger partial charge is 0.370 e. The van der Waals surface area contributed by atoms with E-state index in [-0.39, 0.29) is 11.7 Å². The lowest BCUT2D eigenvalue weighted by Gasteiger charge is -2.13. The summed E-state index contributed by atoms with van der Waals surface area (Å²) in [5, 5.41) is 3.19. The van der Waals surface area contributed by atoms with Crippen molar-refractivity contribution in [2.45, 2.75) is 40.5 Å². The summed E-state index contributed by atoms with van der Waals surface area (Å²) in [5.41, 5.74) is 3.01. The first kappa shape index (κ1) is 15.4. The highest BCUT2D eigenvalue weighted by Crippen LogP contribution is 2.28. The summed E-state index contributed by atoms with van der Waals surface area (Å²) in [5.74, 6) is 1.42. The van der Waals surface area contributed by atoms with E-state index >= 15 is 0 Å². The van der Waals surface area contributed by atoms with Crippen LogP contribution in [-0.4, -0.2) is 16.5 Å². The predicted molar refractivity (Wildman–Crippen MR) is 85.2 cm³/mol. The van der Waals surface area contributed by atoms with E-state index in [1.165, 1.54) is 0 Å². The Morgan fingerprint density at radius 2 is 1.86 bits per heavy atom. The number of nitrogens with zero attached hydrogens (tertiary/aromatic N) is 2. The third kappa shape index (κ3) is 3.38. The maximum Gasteiger partial charge on any atom is 0.133 e. The maximum absolute atomic E-state index is 14.4. The SMILES string of the molecule is CCNc1cc(-c2c(C)cc(C)cc2F)nc(C(C)C)n1. The Labute approximate surface area is 125 Å². The van der Waals surface area contributed by atoms with Gasteiger partial charge in [0.2, 0.25) is 0 Å². The minimum atomic E-state index is -0.233. The summed E-state index contributed by atoms with van der Waals surface area (Å²) < 4.78 is 14.4. The summed E-state index contributed by atoms with van der Waals surface area (Å²) >= 11 is 0. The van der Waals surface area contributed by atoms with E-state index in [9.17, 15) is 4.39 Å². The fourth-order valence-electron chi connectivity index (χ4n) is 2.36. The van der Waals surface area contributed by atoms with Crippen molar-refractivity contribution in [1.82, 2.24) is 9.97 Å². The molecule has 1 N–H and O–H groups in total. The van der Waals surface area contributed by atoms with Crippen molar-refractivity contribution >= 4 is 5.82 Å². The summed E-state index contributed by atoms with van der Waals surface area (Å²) in [4.78, 5) is 9.03. The first-order valence-corrected chi connectivity index (χ1v) is 7.32. The quantitative estimate of drug-likeness (QED) is 0.902. The van der Waals surface area contributed by atoms with Crippen LogP contribution in [0.15, 0.2) is 18.2 Å². The molecule has 0 saturated heterocycles. The second kappa shape index (κ2) is 6.20. The first-order valence-electron chi connectivity index (χ1n) is 7.32. The molecule has 3 nitrogen and oxygen atoms in total. The van der Waals surface area contributed by atoms with Gasteiger partial charge in [0.05, 0.1) is 5.69 Å². The molecule has 0 unspecified atom stereocenters. The molecule has 0 saturated carbocycles. The number of anilines is 1. The lowest BCUT2D eigenvalue weighted by Crippen LogP contribution is -2.06. The van der Waals surface area contributed by atoms with E-state index in [0.717, 1.165) is 29.3 Å². The van der Waals surface area contributed by atoms with Crippen molar-refractivity contribution in [3.8, 4) is 11.3 Å².